The van der Waals surface area contributed by atoms with Crippen LogP contribution in [0.5, 0.6) is 0 Å². The summed E-state index contributed by atoms with van der Waals surface area (Å²) in [4.78, 5) is 14.1. The van der Waals surface area contributed by atoms with E-state index in [4.69, 9.17) is 5.73 Å². The van der Waals surface area contributed by atoms with Crippen molar-refractivity contribution in [2.24, 2.45) is 0 Å². The number of nitrogen functional groups attached to an aromatic ring is 1. The number of hydrogen-bond acceptors (Lipinski definition) is 3. The summed E-state index contributed by atoms with van der Waals surface area (Å²) in [5, 5.41) is 3.13. The number of fused-ring (bicyclic) bond motifs is 1. The Morgan fingerprint density at radius 1 is 1.10 bits per heavy atom. The van der Waals surface area contributed by atoms with Crippen molar-refractivity contribution < 1.29 is 4.79 Å². The Hall–Kier alpha value is -2.49. The number of nitrogens with two attached hydrogens (primary N) is 1. The minimum atomic E-state index is 0.125. The lowest BCUT2D eigenvalue weighted by atomic mass is 9.99. The van der Waals surface area contributed by atoms with Gasteiger partial charge in [-0.15, -0.1) is 0 Å². The number of anilines is 4. The number of aryl methyl sites for hydroxylation is 1. The van der Waals surface area contributed by atoms with Gasteiger partial charge in [-0.25, -0.2) is 0 Å². The Morgan fingerprint density at radius 3 is 2.55 bits per heavy atom. The van der Waals surface area contributed by atoms with Gasteiger partial charge in [0.25, 0.3) is 0 Å². The maximum Gasteiger partial charge on any atom is 0.231 e. The number of carbonyl (C=O) groups is 1. The number of nitrogens with zero attached hydrogens (tertiary/aromatic N) is 1. The summed E-state index contributed by atoms with van der Waals surface area (Å²) in [5.41, 5.74) is 10.5. The van der Waals surface area contributed by atoms with Gasteiger partial charge in [-0.3, -0.25) is 9.69 Å². The molecular weight excluding hydrogens is 250 g/mol. The van der Waals surface area contributed by atoms with Crippen LogP contribution in [0, 0.1) is 0 Å². The molecule has 0 unspecified atom stereocenters. The number of hydrogen-bond donors (Lipinski definition) is 2. The molecular formula is C16H17N3O. The zero-order valence-electron chi connectivity index (χ0n) is 11.4. The van der Waals surface area contributed by atoms with Crippen molar-refractivity contribution >= 4 is 28.7 Å². The number of rotatable bonds is 2. The highest BCUT2D eigenvalue weighted by atomic mass is 16.2. The van der Waals surface area contributed by atoms with Gasteiger partial charge in [-0.05, 0) is 54.4 Å². The summed E-state index contributed by atoms with van der Waals surface area (Å²) in [5.74, 6) is 0.125. The van der Waals surface area contributed by atoms with Gasteiger partial charge < -0.3 is 11.1 Å². The molecule has 0 bridgehead atoms. The van der Waals surface area contributed by atoms with E-state index in [2.05, 4.69) is 11.4 Å². The smallest absolute Gasteiger partial charge is 0.231 e. The molecule has 0 fully saturated rings. The lowest BCUT2D eigenvalue weighted by Gasteiger charge is -2.30. The molecule has 1 amide bonds. The lowest BCUT2D eigenvalue weighted by Crippen LogP contribution is -2.30. The normalized spacial score (nSPS) is 14.1. The summed E-state index contributed by atoms with van der Waals surface area (Å²) in [6, 6.07) is 13.5. The Labute approximate surface area is 118 Å². The second kappa shape index (κ2) is 4.89. The number of benzene rings is 2. The van der Waals surface area contributed by atoms with Gasteiger partial charge in [-0.1, -0.05) is 0 Å². The Morgan fingerprint density at radius 2 is 1.85 bits per heavy atom. The standard InChI is InChI=1S/C16H17N3O/c1-18-13-5-8-15-11(10-13)2-9-16(20)19(15)14-6-3-12(17)4-7-14/h3-8,10,18H,2,9,17H2,1H3. The van der Waals surface area contributed by atoms with Crippen LogP contribution >= 0.6 is 0 Å². The highest BCUT2D eigenvalue weighted by molar-refractivity contribution is 6.03. The molecule has 0 saturated heterocycles. The van der Waals surface area contributed by atoms with Gasteiger partial charge in [0, 0.05) is 30.5 Å². The van der Waals surface area contributed by atoms with E-state index in [9.17, 15) is 4.79 Å². The Balaban J connectivity index is 2.07. The molecule has 3 rings (SSSR count). The molecule has 0 aromatic heterocycles. The van der Waals surface area contributed by atoms with Crippen molar-refractivity contribution in [2.45, 2.75) is 12.8 Å². The van der Waals surface area contributed by atoms with E-state index in [1.165, 1.54) is 5.56 Å². The van der Waals surface area contributed by atoms with E-state index in [1.807, 2.05) is 43.4 Å². The largest absolute Gasteiger partial charge is 0.399 e. The molecule has 20 heavy (non-hydrogen) atoms. The van der Waals surface area contributed by atoms with Gasteiger partial charge in [0.05, 0.1) is 5.69 Å². The molecule has 1 aliphatic heterocycles. The van der Waals surface area contributed by atoms with Crippen LogP contribution in [0.1, 0.15) is 12.0 Å². The topological polar surface area (TPSA) is 58.4 Å². The van der Waals surface area contributed by atoms with E-state index in [0.717, 1.165) is 23.5 Å². The van der Waals surface area contributed by atoms with Crippen molar-refractivity contribution in [3.05, 3.63) is 48.0 Å². The first-order chi connectivity index (χ1) is 9.69. The Kier molecular flexibility index (Phi) is 3.06. The van der Waals surface area contributed by atoms with Crippen molar-refractivity contribution in [1.29, 1.82) is 0 Å². The zero-order chi connectivity index (χ0) is 14.1. The van der Waals surface area contributed by atoms with E-state index in [-0.39, 0.29) is 5.91 Å². The van der Waals surface area contributed by atoms with Crippen LogP contribution in [0.25, 0.3) is 0 Å². The second-order valence-electron chi connectivity index (χ2n) is 4.91. The van der Waals surface area contributed by atoms with Crippen molar-refractivity contribution in [2.75, 3.05) is 23.0 Å². The number of amides is 1. The first-order valence-electron chi connectivity index (χ1n) is 6.68. The van der Waals surface area contributed by atoms with E-state index < -0.39 is 0 Å². The molecule has 3 N–H and O–H groups in total. The van der Waals surface area contributed by atoms with E-state index in [1.54, 1.807) is 4.90 Å². The quantitative estimate of drug-likeness (QED) is 0.822. The fourth-order valence-electron chi connectivity index (χ4n) is 2.55. The van der Waals surface area contributed by atoms with Crippen LogP contribution in [0.4, 0.5) is 22.7 Å². The third kappa shape index (κ3) is 2.09. The van der Waals surface area contributed by atoms with Crippen molar-refractivity contribution in [3.63, 3.8) is 0 Å². The van der Waals surface area contributed by atoms with Crippen molar-refractivity contribution in [1.82, 2.24) is 0 Å². The first-order valence-corrected chi connectivity index (χ1v) is 6.68. The van der Waals surface area contributed by atoms with Gasteiger partial charge in [0.1, 0.15) is 0 Å². The fourth-order valence-corrected chi connectivity index (χ4v) is 2.55. The Bertz CT molecular complexity index is 649. The third-order valence-corrected chi connectivity index (χ3v) is 3.62. The lowest BCUT2D eigenvalue weighted by molar-refractivity contribution is -0.118. The van der Waals surface area contributed by atoms with Crippen LogP contribution in [0.2, 0.25) is 0 Å². The minimum Gasteiger partial charge on any atom is -0.399 e. The monoisotopic (exact) mass is 267 g/mol. The molecule has 0 atom stereocenters. The summed E-state index contributed by atoms with van der Waals surface area (Å²) < 4.78 is 0. The van der Waals surface area contributed by atoms with Crippen LogP contribution in [-0.2, 0) is 11.2 Å². The average molecular weight is 267 g/mol. The average Bonchev–Trinajstić information content (AvgIpc) is 2.48. The molecule has 0 radical (unpaired) electrons. The first kappa shape index (κ1) is 12.5. The molecule has 102 valence electrons. The summed E-state index contributed by atoms with van der Waals surface area (Å²) in [6.45, 7) is 0. The maximum atomic E-state index is 12.3. The van der Waals surface area contributed by atoms with Gasteiger partial charge in [0.2, 0.25) is 5.91 Å². The highest BCUT2D eigenvalue weighted by Gasteiger charge is 2.25. The summed E-state index contributed by atoms with van der Waals surface area (Å²) in [7, 11) is 1.90. The van der Waals surface area contributed by atoms with Crippen LogP contribution in [-0.4, -0.2) is 13.0 Å². The molecule has 1 aliphatic rings. The molecule has 0 spiro atoms. The fraction of sp³-hybridized carbons (Fsp3) is 0.188. The molecule has 0 aliphatic carbocycles. The maximum absolute atomic E-state index is 12.3. The van der Waals surface area contributed by atoms with Crippen molar-refractivity contribution in [3.8, 4) is 0 Å². The van der Waals surface area contributed by atoms with E-state index in [0.29, 0.717) is 12.1 Å². The highest BCUT2D eigenvalue weighted by Crippen LogP contribution is 2.35. The van der Waals surface area contributed by atoms with Gasteiger partial charge in [0.15, 0.2) is 0 Å². The molecule has 4 heteroatoms. The SMILES string of the molecule is CNc1ccc2c(c1)CCC(=O)N2c1ccc(N)cc1. The minimum absolute atomic E-state index is 0.125. The van der Waals surface area contributed by atoms with Gasteiger partial charge >= 0.3 is 0 Å². The number of carbonyl (C=O) groups excluding carboxylic acids is 1. The molecule has 2 aromatic carbocycles. The predicted molar refractivity (Wildman–Crippen MR) is 82.3 cm³/mol. The molecule has 4 nitrogen and oxygen atoms in total. The van der Waals surface area contributed by atoms with Crippen LogP contribution < -0.4 is 16.0 Å². The predicted octanol–water partition coefficient (Wildman–Crippen LogP) is 2.92. The zero-order valence-corrected chi connectivity index (χ0v) is 11.4. The summed E-state index contributed by atoms with van der Waals surface area (Å²) >= 11 is 0. The second-order valence-corrected chi connectivity index (χ2v) is 4.91. The van der Waals surface area contributed by atoms with Gasteiger partial charge in [-0.2, -0.15) is 0 Å². The van der Waals surface area contributed by atoms with Crippen LogP contribution in [0.3, 0.4) is 0 Å². The number of nitrogens with one attached hydrogen (secondary N) is 1. The molecule has 2 aromatic rings. The van der Waals surface area contributed by atoms with E-state index >= 15 is 0 Å². The van der Waals surface area contributed by atoms with Crippen LogP contribution in [0.15, 0.2) is 42.5 Å². The molecule has 1 heterocycles. The third-order valence-electron chi connectivity index (χ3n) is 3.62. The summed E-state index contributed by atoms with van der Waals surface area (Å²) in [6.07, 6.45) is 1.32. The molecule has 0 saturated carbocycles.